The Morgan fingerprint density at radius 1 is 1.67 bits per heavy atom. The Labute approximate surface area is 54.2 Å². The van der Waals surface area contributed by atoms with Crippen LogP contribution in [0.15, 0.2) is 0 Å². The fourth-order valence-electron chi connectivity index (χ4n) is 0.717. The van der Waals surface area contributed by atoms with Crippen molar-refractivity contribution in [3.63, 3.8) is 0 Å². The predicted molar refractivity (Wildman–Crippen MR) is 33.3 cm³/mol. The van der Waals surface area contributed by atoms with Crippen molar-refractivity contribution in [1.82, 2.24) is 9.78 Å². The van der Waals surface area contributed by atoms with Crippen LogP contribution in [0, 0.1) is 13.1 Å². The van der Waals surface area contributed by atoms with E-state index in [-0.39, 0.29) is 0 Å². The molecule has 0 aromatic carbocycles. The number of methoxy groups -OCH3 is 1. The molecule has 1 aromatic rings. The Bertz CT molecular complexity index is 205. The third-order valence-corrected chi connectivity index (χ3v) is 1.10. The molecule has 49 valence electrons. The summed E-state index contributed by atoms with van der Waals surface area (Å²) in [6.45, 7) is 1.88. The third-order valence-electron chi connectivity index (χ3n) is 1.10. The van der Waals surface area contributed by atoms with Crippen molar-refractivity contribution in [2.24, 2.45) is 7.05 Å². The molecule has 0 N–H and O–H groups in total. The molecule has 0 saturated carbocycles. The SMILES string of the molecule is COc1[c]n(C)nc1C. The van der Waals surface area contributed by atoms with Gasteiger partial charge in [0.2, 0.25) is 0 Å². The summed E-state index contributed by atoms with van der Waals surface area (Å²) in [6.07, 6.45) is 2.88. The van der Waals surface area contributed by atoms with E-state index in [9.17, 15) is 0 Å². The van der Waals surface area contributed by atoms with Gasteiger partial charge in [-0.25, -0.2) is 0 Å². The van der Waals surface area contributed by atoms with Crippen LogP contribution in [0.25, 0.3) is 0 Å². The van der Waals surface area contributed by atoms with Crippen molar-refractivity contribution in [3.05, 3.63) is 11.9 Å². The van der Waals surface area contributed by atoms with Crippen LogP contribution in [0.4, 0.5) is 0 Å². The zero-order valence-electron chi connectivity index (χ0n) is 5.80. The topological polar surface area (TPSA) is 27.1 Å². The van der Waals surface area contributed by atoms with Gasteiger partial charge in [0.05, 0.1) is 7.11 Å². The van der Waals surface area contributed by atoms with E-state index in [1.165, 1.54) is 0 Å². The van der Waals surface area contributed by atoms with Gasteiger partial charge in [-0.2, -0.15) is 5.10 Å². The summed E-state index contributed by atoms with van der Waals surface area (Å²) >= 11 is 0. The molecule has 0 bridgehead atoms. The van der Waals surface area contributed by atoms with Gasteiger partial charge in [-0.05, 0) is 6.92 Å². The lowest BCUT2D eigenvalue weighted by Crippen LogP contribution is -1.86. The lowest BCUT2D eigenvalue weighted by molar-refractivity contribution is 0.410. The number of hydrogen-bond donors (Lipinski definition) is 0. The van der Waals surface area contributed by atoms with Gasteiger partial charge in [-0.1, -0.05) is 0 Å². The van der Waals surface area contributed by atoms with Crippen molar-refractivity contribution in [2.45, 2.75) is 6.92 Å². The predicted octanol–water partition coefficient (Wildman–Crippen LogP) is 0.537. The first-order valence-electron chi connectivity index (χ1n) is 2.71. The Kier molecular flexibility index (Phi) is 1.42. The van der Waals surface area contributed by atoms with Crippen LogP contribution in [0.1, 0.15) is 5.69 Å². The van der Waals surface area contributed by atoms with Crippen molar-refractivity contribution in [3.8, 4) is 5.75 Å². The zero-order chi connectivity index (χ0) is 6.85. The first-order valence-corrected chi connectivity index (χ1v) is 2.71. The second kappa shape index (κ2) is 2.09. The molecule has 3 heteroatoms. The maximum Gasteiger partial charge on any atom is 0.169 e. The van der Waals surface area contributed by atoms with Crippen LogP contribution in [0.5, 0.6) is 5.75 Å². The molecule has 9 heavy (non-hydrogen) atoms. The normalized spacial score (nSPS) is 9.67. The summed E-state index contributed by atoms with van der Waals surface area (Å²) < 4.78 is 6.53. The molecule has 1 aromatic heterocycles. The van der Waals surface area contributed by atoms with Crippen molar-refractivity contribution in [1.29, 1.82) is 0 Å². The van der Waals surface area contributed by atoms with Crippen LogP contribution >= 0.6 is 0 Å². The number of aryl methyl sites for hydroxylation is 2. The van der Waals surface area contributed by atoms with Gasteiger partial charge in [-0.3, -0.25) is 4.68 Å². The average Bonchev–Trinajstić information content (AvgIpc) is 2.10. The molecule has 0 aliphatic rings. The van der Waals surface area contributed by atoms with Crippen LogP contribution in [0.3, 0.4) is 0 Å². The Morgan fingerprint density at radius 3 is 2.56 bits per heavy atom. The lowest BCUT2D eigenvalue weighted by Gasteiger charge is -1.90. The van der Waals surface area contributed by atoms with E-state index in [1.54, 1.807) is 11.8 Å². The standard InChI is InChI=1S/C6H9N2O/c1-5-6(9-3)4-8(2)7-5/h1-3H3. The second-order valence-electron chi connectivity index (χ2n) is 1.85. The number of rotatable bonds is 1. The molecule has 0 aliphatic heterocycles. The van der Waals surface area contributed by atoms with Crippen LogP contribution in [-0.2, 0) is 7.05 Å². The minimum Gasteiger partial charge on any atom is -0.492 e. The minimum atomic E-state index is 0.720. The highest BCUT2D eigenvalue weighted by Gasteiger charge is 2.00. The highest BCUT2D eigenvalue weighted by Crippen LogP contribution is 2.11. The zero-order valence-corrected chi connectivity index (χ0v) is 5.80. The maximum absolute atomic E-state index is 4.93. The van der Waals surface area contributed by atoms with Crippen molar-refractivity contribution in [2.75, 3.05) is 7.11 Å². The van der Waals surface area contributed by atoms with E-state index >= 15 is 0 Å². The highest BCUT2D eigenvalue weighted by molar-refractivity contribution is 5.20. The summed E-state index contributed by atoms with van der Waals surface area (Å²) in [5, 5.41) is 4.02. The quantitative estimate of drug-likeness (QED) is 0.547. The van der Waals surface area contributed by atoms with E-state index in [0.29, 0.717) is 0 Å². The highest BCUT2D eigenvalue weighted by atomic mass is 16.5. The lowest BCUT2D eigenvalue weighted by atomic mass is 10.5. The van der Waals surface area contributed by atoms with Gasteiger partial charge in [0.15, 0.2) is 5.75 Å². The van der Waals surface area contributed by atoms with E-state index in [4.69, 9.17) is 4.74 Å². The van der Waals surface area contributed by atoms with Crippen LogP contribution in [-0.4, -0.2) is 16.9 Å². The van der Waals surface area contributed by atoms with Gasteiger partial charge in [0.1, 0.15) is 11.9 Å². The Morgan fingerprint density at radius 2 is 2.33 bits per heavy atom. The molecule has 1 rings (SSSR count). The van der Waals surface area contributed by atoms with Gasteiger partial charge in [0, 0.05) is 7.05 Å². The monoisotopic (exact) mass is 125 g/mol. The molecular formula is C6H9N2O. The molecule has 0 spiro atoms. The van der Waals surface area contributed by atoms with Crippen LogP contribution < -0.4 is 4.74 Å². The molecule has 0 saturated heterocycles. The molecule has 0 amide bonds. The first kappa shape index (κ1) is 6.13. The average molecular weight is 125 g/mol. The maximum atomic E-state index is 4.93. The fourth-order valence-corrected chi connectivity index (χ4v) is 0.717. The molecule has 0 fully saturated rings. The minimum absolute atomic E-state index is 0.720. The number of aromatic nitrogens is 2. The fraction of sp³-hybridized carbons (Fsp3) is 0.500. The molecule has 1 heterocycles. The van der Waals surface area contributed by atoms with E-state index in [2.05, 4.69) is 11.3 Å². The second-order valence-corrected chi connectivity index (χ2v) is 1.85. The van der Waals surface area contributed by atoms with E-state index in [0.717, 1.165) is 11.4 Å². The van der Waals surface area contributed by atoms with E-state index < -0.39 is 0 Å². The number of ether oxygens (including phenoxy) is 1. The molecule has 1 radical (unpaired) electrons. The summed E-state index contributed by atoms with van der Waals surface area (Å²) in [4.78, 5) is 0. The summed E-state index contributed by atoms with van der Waals surface area (Å²) in [5.41, 5.74) is 0.875. The first-order chi connectivity index (χ1) is 4.24. The summed E-state index contributed by atoms with van der Waals surface area (Å²) in [6, 6.07) is 0. The number of hydrogen-bond acceptors (Lipinski definition) is 2. The molecule has 0 atom stereocenters. The molecule has 0 unspecified atom stereocenters. The largest absolute Gasteiger partial charge is 0.492 e. The van der Waals surface area contributed by atoms with Gasteiger partial charge < -0.3 is 4.74 Å². The Balaban J connectivity index is 3.01. The Hall–Kier alpha value is -0.990. The number of nitrogens with zero attached hydrogens (tertiary/aromatic N) is 2. The molecular weight excluding hydrogens is 116 g/mol. The van der Waals surface area contributed by atoms with Gasteiger partial charge >= 0.3 is 0 Å². The molecule has 0 aliphatic carbocycles. The van der Waals surface area contributed by atoms with E-state index in [1.807, 2.05) is 14.0 Å². The van der Waals surface area contributed by atoms with Crippen molar-refractivity contribution >= 4 is 0 Å². The van der Waals surface area contributed by atoms with Gasteiger partial charge in [0.25, 0.3) is 0 Å². The summed E-state index contributed by atoms with van der Waals surface area (Å²) in [7, 11) is 3.43. The third kappa shape index (κ3) is 1.04. The molecule has 3 nitrogen and oxygen atoms in total. The van der Waals surface area contributed by atoms with Crippen molar-refractivity contribution < 1.29 is 4.74 Å². The van der Waals surface area contributed by atoms with Crippen LogP contribution in [0.2, 0.25) is 0 Å². The smallest absolute Gasteiger partial charge is 0.169 e. The summed E-state index contributed by atoms with van der Waals surface area (Å²) in [5.74, 6) is 0.720. The van der Waals surface area contributed by atoms with Gasteiger partial charge in [-0.15, -0.1) is 0 Å².